The Bertz CT molecular complexity index is 1090. The Labute approximate surface area is 186 Å². The van der Waals surface area contributed by atoms with Crippen molar-refractivity contribution in [2.24, 2.45) is 5.92 Å². The maximum Gasteiger partial charge on any atom is 0.341 e. The summed E-state index contributed by atoms with van der Waals surface area (Å²) < 4.78 is 30.3. The number of methoxy groups -OCH3 is 1. The van der Waals surface area contributed by atoms with Crippen LogP contribution in [0.15, 0.2) is 35.7 Å². The minimum Gasteiger partial charge on any atom is -0.465 e. The minimum atomic E-state index is -3.22. The molecule has 1 aliphatic rings. The first kappa shape index (κ1) is 23.0. The van der Waals surface area contributed by atoms with Gasteiger partial charge in [0.1, 0.15) is 5.00 Å². The van der Waals surface area contributed by atoms with Crippen molar-refractivity contribution < 1.29 is 22.7 Å². The molecule has 31 heavy (non-hydrogen) atoms. The third-order valence-corrected chi connectivity index (χ3v) is 7.64. The third kappa shape index (κ3) is 5.54. The maximum atomic E-state index is 12.4. The summed E-state index contributed by atoms with van der Waals surface area (Å²) in [4.78, 5) is 24.6. The lowest BCUT2D eigenvalue weighted by Crippen LogP contribution is -2.24. The number of hydrogen-bond donors (Lipinski definition) is 1. The van der Waals surface area contributed by atoms with Crippen molar-refractivity contribution in [3.8, 4) is 0 Å². The summed E-state index contributed by atoms with van der Waals surface area (Å²) in [6.45, 7) is 4.61. The van der Waals surface area contributed by atoms with Crippen molar-refractivity contribution in [2.75, 3.05) is 29.0 Å². The number of ether oxygens (including phenoxy) is 1. The van der Waals surface area contributed by atoms with Gasteiger partial charge in [0, 0.05) is 12.6 Å². The van der Waals surface area contributed by atoms with Crippen LogP contribution < -0.4 is 9.62 Å². The molecule has 0 bridgehead atoms. The quantitative estimate of drug-likeness (QED) is 0.497. The molecule has 9 heteroatoms. The smallest absolute Gasteiger partial charge is 0.341 e. The largest absolute Gasteiger partial charge is 0.465 e. The first-order valence-electron chi connectivity index (χ1n) is 9.99. The molecule has 3 rings (SSSR count). The zero-order chi connectivity index (χ0) is 22.6. The highest BCUT2D eigenvalue weighted by atomic mass is 32.2. The van der Waals surface area contributed by atoms with Crippen LogP contribution in [-0.2, 0) is 26.0 Å². The predicted octanol–water partition coefficient (Wildman–Crippen LogP) is 3.93. The fraction of sp³-hybridized carbons (Fsp3) is 0.364. The van der Waals surface area contributed by atoms with Crippen LogP contribution in [-0.4, -0.2) is 39.7 Å². The predicted molar refractivity (Wildman–Crippen MR) is 124 cm³/mol. The monoisotopic (exact) mass is 462 g/mol. The van der Waals surface area contributed by atoms with E-state index in [0.717, 1.165) is 11.1 Å². The van der Waals surface area contributed by atoms with Crippen LogP contribution in [0.4, 0.5) is 10.7 Å². The molecule has 0 unspecified atom stereocenters. The summed E-state index contributed by atoms with van der Waals surface area (Å²) >= 11 is 1.30. The minimum absolute atomic E-state index is 0.171. The van der Waals surface area contributed by atoms with Gasteiger partial charge in [0.05, 0.1) is 24.1 Å². The molecule has 7 nitrogen and oxygen atoms in total. The molecular formula is C22H26N2O5S2. The van der Waals surface area contributed by atoms with Crippen LogP contribution in [0.2, 0.25) is 0 Å². The number of esters is 1. The number of carbonyl (C=O) groups is 2. The number of sulfonamides is 1. The fourth-order valence-electron chi connectivity index (χ4n) is 3.41. The van der Waals surface area contributed by atoms with Crippen LogP contribution in [0.1, 0.15) is 41.8 Å². The standard InChI is InChI=1S/C22H26N2O5S2/c1-15(2)13-17-14-30-21(20(17)22(26)29-3)23-19(25)10-7-16-5-8-18(9-6-16)24-11-4-12-31(24,27)28/h5-10,14-15H,4,11-13H2,1-3H3,(H,23,25)/b10-7+. The molecule has 1 saturated heterocycles. The lowest BCUT2D eigenvalue weighted by Gasteiger charge is -2.16. The van der Waals surface area contributed by atoms with Crippen molar-refractivity contribution in [1.29, 1.82) is 0 Å². The van der Waals surface area contributed by atoms with E-state index in [4.69, 9.17) is 4.74 Å². The van der Waals surface area contributed by atoms with Gasteiger partial charge in [-0.1, -0.05) is 26.0 Å². The molecule has 1 aromatic heterocycles. The molecule has 166 valence electrons. The Kier molecular flexibility index (Phi) is 7.17. The zero-order valence-corrected chi connectivity index (χ0v) is 19.4. The van der Waals surface area contributed by atoms with Gasteiger partial charge < -0.3 is 10.1 Å². The van der Waals surface area contributed by atoms with E-state index in [-0.39, 0.29) is 11.7 Å². The van der Waals surface area contributed by atoms with Crippen LogP contribution in [0.25, 0.3) is 6.08 Å². The van der Waals surface area contributed by atoms with Crippen molar-refractivity contribution in [1.82, 2.24) is 0 Å². The normalized spacial score (nSPS) is 15.5. The van der Waals surface area contributed by atoms with Crippen LogP contribution in [0, 0.1) is 5.92 Å². The molecule has 0 spiro atoms. The highest BCUT2D eigenvalue weighted by Gasteiger charge is 2.28. The second-order valence-corrected chi connectivity index (χ2v) is 10.6. The van der Waals surface area contributed by atoms with E-state index in [9.17, 15) is 18.0 Å². The van der Waals surface area contributed by atoms with Gasteiger partial charge in [0.25, 0.3) is 0 Å². The number of rotatable bonds is 7. The highest BCUT2D eigenvalue weighted by Crippen LogP contribution is 2.31. The lowest BCUT2D eigenvalue weighted by molar-refractivity contribution is -0.111. The maximum absolute atomic E-state index is 12.4. The van der Waals surface area contributed by atoms with E-state index in [1.807, 2.05) is 5.38 Å². The van der Waals surface area contributed by atoms with Gasteiger partial charge in [-0.2, -0.15) is 0 Å². The van der Waals surface area contributed by atoms with Gasteiger partial charge in [-0.25, -0.2) is 13.2 Å². The summed E-state index contributed by atoms with van der Waals surface area (Å²) in [5.74, 6) is -0.304. The Hall–Kier alpha value is -2.65. The van der Waals surface area contributed by atoms with Crippen LogP contribution >= 0.6 is 11.3 Å². The van der Waals surface area contributed by atoms with E-state index in [0.29, 0.717) is 41.6 Å². The highest BCUT2D eigenvalue weighted by molar-refractivity contribution is 7.93. The van der Waals surface area contributed by atoms with Crippen LogP contribution in [0.3, 0.4) is 0 Å². The molecule has 1 fully saturated rings. The van der Waals surface area contributed by atoms with Gasteiger partial charge in [0.2, 0.25) is 15.9 Å². The third-order valence-electron chi connectivity index (χ3n) is 4.83. The second kappa shape index (κ2) is 9.65. The van der Waals surface area contributed by atoms with Crippen molar-refractivity contribution in [3.05, 3.63) is 52.4 Å². The number of benzene rings is 1. The summed E-state index contributed by atoms with van der Waals surface area (Å²) in [5.41, 5.74) is 2.64. The fourth-order valence-corrected chi connectivity index (χ4v) is 5.94. The second-order valence-electron chi connectivity index (χ2n) is 7.71. The number of nitrogens with one attached hydrogen (secondary N) is 1. The molecule has 1 amide bonds. The Balaban J connectivity index is 1.70. The number of carbonyl (C=O) groups excluding carboxylic acids is 2. The van der Waals surface area contributed by atoms with Crippen molar-refractivity contribution in [2.45, 2.75) is 26.7 Å². The Morgan fingerprint density at radius 2 is 1.97 bits per heavy atom. The number of hydrogen-bond acceptors (Lipinski definition) is 6. The molecule has 0 radical (unpaired) electrons. The first-order chi connectivity index (χ1) is 14.7. The molecule has 0 aliphatic carbocycles. The molecule has 2 heterocycles. The number of amides is 1. The van der Waals surface area contributed by atoms with E-state index >= 15 is 0 Å². The summed E-state index contributed by atoms with van der Waals surface area (Å²) in [6.07, 6.45) is 4.35. The molecule has 1 N–H and O–H groups in total. The van der Waals surface area contributed by atoms with E-state index in [2.05, 4.69) is 19.2 Å². The summed E-state index contributed by atoms with van der Waals surface area (Å²) in [7, 11) is -1.90. The van der Waals surface area contributed by atoms with Gasteiger partial charge in [-0.15, -0.1) is 11.3 Å². The van der Waals surface area contributed by atoms with Gasteiger partial charge in [-0.3, -0.25) is 9.10 Å². The van der Waals surface area contributed by atoms with Gasteiger partial charge >= 0.3 is 5.97 Å². The summed E-state index contributed by atoms with van der Waals surface area (Å²) in [6, 6.07) is 6.98. The molecular weight excluding hydrogens is 436 g/mol. The molecule has 0 atom stereocenters. The SMILES string of the molecule is COC(=O)c1c(CC(C)C)csc1NC(=O)/C=C/c1ccc(N2CCCS2(=O)=O)cc1. The summed E-state index contributed by atoms with van der Waals surface area (Å²) in [5, 5.41) is 5.10. The average Bonchev–Trinajstić information content (AvgIpc) is 3.28. The van der Waals surface area contributed by atoms with E-state index in [1.54, 1.807) is 30.3 Å². The number of nitrogens with zero attached hydrogens (tertiary/aromatic N) is 1. The van der Waals surface area contributed by atoms with Crippen molar-refractivity contribution >= 4 is 50.0 Å². The van der Waals surface area contributed by atoms with E-state index in [1.165, 1.54) is 28.8 Å². The van der Waals surface area contributed by atoms with Crippen molar-refractivity contribution in [3.63, 3.8) is 0 Å². The van der Waals surface area contributed by atoms with Crippen LogP contribution in [0.5, 0.6) is 0 Å². The molecule has 0 saturated carbocycles. The molecule has 1 aromatic carbocycles. The van der Waals surface area contributed by atoms with E-state index < -0.39 is 16.0 Å². The average molecular weight is 463 g/mol. The topological polar surface area (TPSA) is 92.8 Å². The number of thiophene rings is 1. The zero-order valence-electron chi connectivity index (χ0n) is 17.8. The molecule has 1 aliphatic heterocycles. The lowest BCUT2D eigenvalue weighted by atomic mass is 10.0. The Morgan fingerprint density at radius 1 is 1.26 bits per heavy atom. The number of anilines is 2. The molecule has 2 aromatic rings. The van der Waals surface area contributed by atoms with Gasteiger partial charge in [-0.05, 0) is 53.5 Å². The van der Waals surface area contributed by atoms with Gasteiger partial charge in [0.15, 0.2) is 0 Å². The Morgan fingerprint density at radius 3 is 2.55 bits per heavy atom. The first-order valence-corrected chi connectivity index (χ1v) is 12.5.